The van der Waals surface area contributed by atoms with Crippen molar-refractivity contribution in [3.05, 3.63) is 0 Å². The minimum absolute atomic E-state index is 0.181. The van der Waals surface area contributed by atoms with E-state index in [4.69, 9.17) is 4.74 Å². The maximum Gasteiger partial charge on any atom is 0.227 e. The van der Waals surface area contributed by atoms with Crippen LogP contribution >= 0.6 is 0 Å². The lowest BCUT2D eigenvalue weighted by molar-refractivity contribution is -0.135. The zero-order valence-corrected chi connectivity index (χ0v) is 9.53. The van der Waals surface area contributed by atoms with Gasteiger partial charge in [0.25, 0.3) is 0 Å². The second kappa shape index (κ2) is 4.49. The number of methoxy groups -OCH3 is 1. The summed E-state index contributed by atoms with van der Waals surface area (Å²) >= 11 is 0. The molecule has 2 rings (SSSR count). The highest BCUT2D eigenvalue weighted by Gasteiger charge is 2.35. The Morgan fingerprint density at radius 2 is 2.27 bits per heavy atom. The van der Waals surface area contributed by atoms with Crippen molar-refractivity contribution in [3.63, 3.8) is 0 Å². The molecule has 3 unspecified atom stereocenters. The first-order valence-electron chi connectivity index (χ1n) is 5.77. The van der Waals surface area contributed by atoms with Crippen LogP contribution in [0, 0.1) is 5.92 Å². The Hall–Kier alpha value is -0.610. The molecule has 15 heavy (non-hydrogen) atoms. The first-order chi connectivity index (χ1) is 7.22. The molecule has 4 nitrogen and oxygen atoms in total. The van der Waals surface area contributed by atoms with Gasteiger partial charge in [0.1, 0.15) is 0 Å². The molecular formula is C11H20N2O2. The Balaban J connectivity index is 1.91. The lowest BCUT2D eigenvalue weighted by atomic mass is 10.0. The average Bonchev–Trinajstić information content (AvgIpc) is 2.84. The van der Waals surface area contributed by atoms with Gasteiger partial charge in [0.2, 0.25) is 5.91 Å². The first-order valence-corrected chi connectivity index (χ1v) is 5.77. The SMILES string of the molecule is COC1CCN(C(=O)C2CCNC2C)C1. The molecule has 0 aromatic carbocycles. The summed E-state index contributed by atoms with van der Waals surface area (Å²) in [5.74, 6) is 0.493. The molecule has 0 aromatic rings. The van der Waals surface area contributed by atoms with Gasteiger partial charge in [-0.25, -0.2) is 0 Å². The topological polar surface area (TPSA) is 41.6 Å². The van der Waals surface area contributed by atoms with E-state index >= 15 is 0 Å². The minimum Gasteiger partial charge on any atom is -0.380 e. The van der Waals surface area contributed by atoms with Gasteiger partial charge in [0.05, 0.1) is 12.0 Å². The molecule has 0 bridgehead atoms. The quantitative estimate of drug-likeness (QED) is 0.712. The number of rotatable bonds is 2. The van der Waals surface area contributed by atoms with E-state index in [0.29, 0.717) is 11.9 Å². The van der Waals surface area contributed by atoms with Gasteiger partial charge in [-0.3, -0.25) is 4.79 Å². The maximum atomic E-state index is 12.1. The van der Waals surface area contributed by atoms with E-state index in [1.165, 1.54) is 0 Å². The van der Waals surface area contributed by atoms with Crippen LogP contribution in [-0.2, 0) is 9.53 Å². The Morgan fingerprint density at radius 1 is 1.47 bits per heavy atom. The highest BCUT2D eigenvalue weighted by atomic mass is 16.5. The number of hydrogen-bond donors (Lipinski definition) is 1. The van der Waals surface area contributed by atoms with E-state index < -0.39 is 0 Å². The molecule has 0 spiro atoms. The normalized spacial score (nSPS) is 36.1. The van der Waals surface area contributed by atoms with Crippen LogP contribution in [0.4, 0.5) is 0 Å². The zero-order chi connectivity index (χ0) is 10.8. The maximum absolute atomic E-state index is 12.1. The fraction of sp³-hybridized carbons (Fsp3) is 0.909. The molecule has 3 atom stereocenters. The Bertz CT molecular complexity index is 245. The number of ether oxygens (including phenoxy) is 1. The van der Waals surface area contributed by atoms with Crippen molar-refractivity contribution in [2.75, 3.05) is 26.7 Å². The standard InChI is InChI=1S/C11H20N2O2/c1-8-10(3-5-12-8)11(14)13-6-4-9(7-13)15-2/h8-10,12H,3-7H2,1-2H3. The molecule has 1 N–H and O–H groups in total. The summed E-state index contributed by atoms with van der Waals surface area (Å²) in [6, 6.07) is 0.332. The molecule has 2 heterocycles. The molecular weight excluding hydrogens is 192 g/mol. The van der Waals surface area contributed by atoms with Gasteiger partial charge in [-0.2, -0.15) is 0 Å². The highest BCUT2D eigenvalue weighted by molar-refractivity contribution is 5.80. The second-order valence-electron chi connectivity index (χ2n) is 4.57. The van der Waals surface area contributed by atoms with Gasteiger partial charge < -0.3 is 15.0 Å². The van der Waals surface area contributed by atoms with Crippen LogP contribution in [0.25, 0.3) is 0 Å². The molecule has 0 aliphatic carbocycles. The van der Waals surface area contributed by atoms with E-state index in [1.807, 2.05) is 4.90 Å². The van der Waals surface area contributed by atoms with Crippen LogP contribution in [-0.4, -0.2) is 49.7 Å². The van der Waals surface area contributed by atoms with Crippen molar-refractivity contribution in [3.8, 4) is 0 Å². The summed E-state index contributed by atoms with van der Waals surface area (Å²) in [7, 11) is 1.72. The molecule has 0 radical (unpaired) electrons. The Morgan fingerprint density at radius 3 is 2.80 bits per heavy atom. The number of likely N-dealkylation sites (tertiary alicyclic amines) is 1. The Kier molecular flexibility index (Phi) is 3.26. The molecule has 86 valence electrons. The number of nitrogens with one attached hydrogen (secondary N) is 1. The average molecular weight is 212 g/mol. The summed E-state index contributed by atoms with van der Waals surface area (Å²) in [5, 5.41) is 3.32. The summed E-state index contributed by atoms with van der Waals surface area (Å²) in [4.78, 5) is 14.1. The number of hydrogen-bond acceptors (Lipinski definition) is 3. The molecule has 2 aliphatic rings. The van der Waals surface area contributed by atoms with Gasteiger partial charge in [0.15, 0.2) is 0 Å². The van der Waals surface area contributed by atoms with Crippen molar-refractivity contribution < 1.29 is 9.53 Å². The van der Waals surface area contributed by atoms with Crippen LogP contribution in [0.3, 0.4) is 0 Å². The second-order valence-corrected chi connectivity index (χ2v) is 4.57. The summed E-state index contributed by atoms with van der Waals surface area (Å²) in [6.07, 6.45) is 2.21. The summed E-state index contributed by atoms with van der Waals surface area (Å²) < 4.78 is 5.27. The highest BCUT2D eigenvalue weighted by Crippen LogP contribution is 2.21. The first kappa shape index (κ1) is 10.9. The van der Waals surface area contributed by atoms with E-state index in [2.05, 4.69) is 12.2 Å². The van der Waals surface area contributed by atoms with Gasteiger partial charge in [-0.05, 0) is 26.3 Å². The lowest BCUT2D eigenvalue weighted by Gasteiger charge is -2.22. The van der Waals surface area contributed by atoms with E-state index in [0.717, 1.165) is 32.5 Å². The molecule has 2 fully saturated rings. The summed E-state index contributed by atoms with van der Waals surface area (Å²) in [6.45, 7) is 4.71. The predicted molar refractivity (Wildman–Crippen MR) is 57.6 cm³/mol. The summed E-state index contributed by atoms with van der Waals surface area (Å²) in [5.41, 5.74) is 0. The number of amides is 1. The van der Waals surface area contributed by atoms with Crippen molar-refractivity contribution in [2.45, 2.75) is 31.9 Å². The van der Waals surface area contributed by atoms with Gasteiger partial charge in [-0.1, -0.05) is 0 Å². The van der Waals surface area contributed by atoms with E-state index in [9.17, 15) is 4.79 Å². The fourth-order valence-corrected chi connectivity index (χ4v) is 2.55. The molecule has 2 saturated heterocycles. The van der Waals surface area contributed by atoms with Crippen molar-refractivity contribution in [1.82, 2.24) is 10.2 Å². The minimum atomic E-state index is 0.181. The number of carbonyl (C=O) groups excluding carboxylic acids is 1. The van der Waals surface area contributed by atoms with Crippen molar-refractivity contribution in [1.29, 1.82) is 0 Å². The molecule has 0 aromatic heterocycles. The van der Waals surface area contributed by atoms with Crippen LogP contribution in [0.1, 0.15) is 19.8 Å². The molecule has 2 aliphatic heterocycles. The third kappa shape index (κ3) is 2.16. The van der Waals surface area contributed by atoms with Crippen LogP contribution in [0.5, 0.6) is 0 Å². The number of carbonyl (C=O) groups is 1. The smallest absolute Gasteiger partial charge is 0.227 e. The third-order valence-corrected chi connectivity index (χ3v) is 3.63. The van der Waals surface area contributed by atoms with Gasteiger partial charge >= 0.3 is 0 Å². The van der Waals surface area contributed by atoms with Crippen molar-refractivity contribution >= 4 is 5.91 Å². The zero-order valence-electron chi connectivity index (χ0n) is 9.53. The van der Waals surface area contributed by atoms with Gasteiger partial charge in [0, 0.05) is 26.2 Å². The van der Waals surface area contributed by atoms with Crippen LogP contribution in [0.2, 0.25) is 0 Å². The molecule has 0 saturated carbocycles. The molecule has 4 heteroatoms. The predicted octanol–water partition coefficient (Wildman–Crippen LogP) is 0.232. The number of nitrogens with zero attached hydrogens (tertiary/aromatic N) is 1. The molecule has 1 amide bonds. The van der Waals surface area contributed by atoms with Crippen LogP contribution in [0.15, 0.2) is 0 Å². The largest absolute Gasteiger partial charge is 0.380 e. The van der Waals surface area contributed by atoms with Gasteiger partial charge in [-0.15, -0.1) is 0 Å². The van der Waals surface area contributed by atoms with Crippen molar-refractivity contribution in [2.24, 2.45) is 5.92 Å². The Labute approximate surface area is 91.0 Å². The lowest BCUT2D eigenvalue weighted by Crippen LogP contribution is -2.39. The van der Waals surface area contributed by atoms with Crippen LogP contribution < -0.4 is 5.32 Å². The van der Waals surface area contributed by atoms with E-state index in [1.54, 1.807) is 7.11 Å². The monoisotopic (exact) mass is 212 g/mol. The fourth-order valence-electron chi connectivity index (χ4n) is 2.55. The third-order valence-electron chi connectivity index (χ3n) is 3.63. The van der Waals surface area contributed by atoms with E-state index in [-0.39, 0.29) is 12.0 Å².